The Balaban J connectivity index is 2.04. The first-order chi connectivity index (χ1) is 7.96. The maximum Gasteiger partial charge on any atom is 0.251 e. The Morgan fingerprint density at radius 2 is 1.94 bits per heavy atom. The Morgan fingerprint density at radius 3 is 2.47 bits per heavy atom. The number of hydrogen-bond acceptors (Lipinski definition) is 3. The van der Waals surface area contributed by atoms with Gasteiger partial charge in [-0.15, -0.1) is 0 Å². The summed E-state index contributed by atoms with van der Waals surface area (Å²) in [6.07, 6.45) is 1.50. The molecule has 0 fully saturated rings. The van der Waals surface area contributed by atoms with Crippen LogP contribution in [-0.2, 0) is 9.84 Å². The molecule has 0 saturated heterocycles. The third-order valence-corrected chi connectivity index (χ3v) is 3.96. The predicted molar refractivity (Wildman–Crippen MR) is 65.4 cm³/mol. The van der Waals surface area contributed by atoms with Crippen molar-refractivity contribution in [1.82, 2.24) is 5.32 Å². The summed E-state index contributed by atoms with van der Waals surface area (Å²) in [7, 11) is -3.13. The molecule has 1 N–H and O–H groups in total. The lowest BCUT2D eigenvalue weighted by Crippen LogP contribution is -2.35. The normalized spacial score (nSPS) is 21.4. The zero-order valence-corrected chi connectivity index (χ0v) is 10.2. The van der Waals surface area contributed by atoms with Gasteiger partial charge in [0, 0.05) is 11.0 Å². The highest BCUT2D eigenvalue weighted by atomic mass is 32.2. The molecule has 17 heavy (non-hydrogen) atoms. The molecule has 1 aromatic rings. The lowest BCUT2D eigenvalue weighted by molar-refractivity contribution is 0.0947. The summed E-state index contributed by atoms with van der Waals surface area (Å²) in [6, 6.07) is 6.70. The van der Waals surface area contributed by atoms with E-state index in [0.29, 0.717) is 5.56 Å². The number of benzene rings is 1. The van der Waals surface area contributed by atoms with Crippen molar-refractivity contribution < 1.29 is 13.2 Å². The standard InChI is InChI=1S/C12H13NO3S/c1-9-2-4-10(5-3-9)12(14)13-11-6-7-17(15,16)8-11/h2-7,11H,8H2,1H3,(H,13,14)/t11-/m1/s1. The van der Waals surface area contributed by atoms with Gasteiger partial charge >= 0.3 is 0 Å². The van der Waals surface area contributed by atoms with Crippen LogP contribution in [0.15, 0.2) is 35.7 Å². The van der Waals surface area contributed by atoms with Crippen molar-refractivity contribution in [3.05, 3.63) is 46.9 Å². The van der Waals surface area contributed by atoms with E-state index in [4.69, 9.17) is 0 Å². The van der Waals surface area contributed by atoms with Crippen molar-refractivity contribution >= 4 is 15.7 Å². The molecule has 1 aliphatic heterocycles. The molecule has 1 amide bonds. The van der Waals surface area contributed by atoms with Crippen LogP contribution in [0.1, 0.15) is 15.9 Å². The first-order valence-corrected chi connectivity index (χ1v) is 6.96. The van der Waals surface area contributed by atoms with Crippen molar-refractivity contribution in [3.8, 4) is 0 Å². The number of sulfone groups is 1. The number of rotatable bonds is 2. The van der Waals surface area contributed by atoms with E-state index in [1.807, 2.05) is 19.1 Å². The summed E-state index contributed by atoms with van der Waals surface area (Å²) >= 11 is 0. The van der Waals surface area contributed by atoms with E-state index < -0.39 is 15.9 Å². The van der Waals surface area contributed by atoms with E-state index in [2.05, 4.69) is 5.32 Å². The van der Waals surface area contributed by atoms with Crippen LogP contribution in [0.25, 0.3) is 0 Å². The van der Waals surface area contributed by atoms with Crippen molar-refractivity contribution in [1.29, 1.82) is 0 Å². The summed E-state index contributed by atoms with van der Waals surface area (Å²) in [6.45, 7) is 1.94. The molecular weight excluding hydrogens is 238 g/mol. The van der Waals surface area contributed by atoms with Crippen LogP contribution >= 0.6 is 0 Å². The quantitative estimate of drug-likeness (QED) is 0.854. The minimum absolute atomic E-state index is 0.0510. The van der Waals surface area contributed by atoms with Gasteiger partial charge in [-0.2, -0.15) is 0 Å². The number of carbonyl (C=O) groups excluding carboxylic acids is 1. The zero-order chi connectivity index (χ0) is 12.5. The third kappa shape index (κ3) is 2.94. The maximum atomic E-state index is 11.8. The number of amides is 1. The Kier molecular flexibility index (Phi) is 3.02. The topological polar surface area (TPSA) is 63.2 Å². The molecule has 0 spiro atoms. The summed E-state index contributed by atoms with van der Waals surface area (Å²) < 4.78 is 22.3. The monoisotopic (exact) mass is 251 g/mol. The molecule has 5 heteroatoms. The first-order valence-electron chi connectivity index (χ1n) is 5.25. The highest BCUT2D eigenvalue weighted by Crippen LogP contribution is 2.09. The molecule has 0 aliphatic carbocycles. The van der Waals surface area contributed by atoms with Crippen LogP contribution in [0.5, 0.6) is 0 Å². The number of aryl methyl sites for hydroxylation is 1. The highest BCUT2D eigenvalue weighted by molar-refractivity contribution is 7.94. The summed E-state index contributed by atoms with van der Waals surface area (Å²) in [4.78, 5) is 11.8. The number of nitrogens with one attached hydrogen (secondary N) is 1. The molecular formula is C12H13NO3S. The van der Waals surface area contributed by atoms with Gasteiger partial charge in [0.25, 0.3) is 5.91 Å². The van der Waals surface area contributed by atoms with Gasteiger partial charge in [-0.25, -0.2) is 8.42 Å². The molecule has 90 valence electrons. The van der Waals surface area contributed by atoms with Crippen LogP contribution in [0.3, 0.4) is 0 Å². The second kappa shape index (κ2) is 4.33. The van der Waals surface area contributed by atoms with Gasteiger partial charge < -0.3 is 5.32 Å². The van der Waals surface area contributed by atoms with Crippen LogP contribution < -0.4 is 5.32 Å². The molecule has 0 aromatic heterocycles. The third-order valence-electron chi connectivity index (χ3n) is 2.56. The molecule has 1 heterocycles. The van der Waals surface area contributed by atoms with Gasteiger partial charge in [-0.05, 0) is 25.1 Å². The fourth-order valence-corrected chi connectivity index (χ4v) is 2.86. The van der Waals surface area contributed by atoms with Gasteiger partial charge in [0.1, 0.15) is 0 Å². The molecule has 1 aromatic carbocycles. The molecule has 0 radical (unpaired) electrons. The van der Waals surface area contributed by atoms with Crippen molar-refractivity contribution in [2.24, 2.45) is 0 Å². The number of carbonyl (C=O) groups is 1. The Labute approximate surface area is 100 Å². The van der Waals surface area contributed by atoms with Gasteiger partial charge in [-0.3, -0.25) is 4.79 Å². The van der Waals surface area contributed by atoms with Crippen LogP contribution in [-0.4, -0.2) is 26.1 Å². The predicted octanol–water partition coefficient (Wildman–Crippen LogP) is 1.04. The minimum atomic E-state index is -3.13. The van der Waals surface area contributed by atoms with Gasteiger partial charge in [0.15, 0.2) is 9.84 Å². The van der Waals surface area contributed by atoms with E-state index in [1.165, 1.54) is 6.08 Å². The average molecular weight is 251 g/mol. The van der Waals surface area contributed by atoms with Crippen LogP contribution in [0.4, 0.5) is 0 Å². The molecule has 4 nitrogen and oxygen atoms in total. The lowest BCUT2D eigenvalue weighted by atomic mass is 10.1. The molecule has 0 bridgehead atoms. The Morgan fingerprint density at radius 1 is 1.29 bits per heavy atom. The zero-order valence-electron chi connectivity index (χ0n) is 9.38. The highest BCUT2D eigenvalue weighted by Gasteiger charge is 2.23. The summed E-state index contributed by atoms with van der Waals surface area (Å²) in [5, 5.41) is 3.81. The van der Waals surface area contributed by atoms with Crippen molar-refractivity contribution in [2.45, 2.75) is 13.0 Å². The van der Waals surface area contributed by atoms with E-state index in [1.54, 1.807) is 12.1 Å². The SMILES string of the molecule is Cc1ccc(C(=O)N[C@@H]2C=CS(=O)(=O)C2)cc1. The molecule has 2 rings (SSSR count). The summed E-state index contributed by atoms with van der Waals surface area (Å²) in [5.41, 5.74) is 1.61. The largest absolute Gasteiger partial charge is 0.345 e. The molecule has 0 unspecified atom stereocenters. The van der Waals surface area contributed by atoms with E-state index in [0.717, 1.165) is 11.0 Å². The molecule has 1 atom stereocenters. The van der Waals surface area contributed by atoms with Crippen LogP contribution in [0, 0.1) is 6.92 Å². The first kappa shape index (κ1) is 11.9. The second-order valence-electron chi connectivity index (χ2n) is 4.10. The van der Waals surface area contributed by atoms with Gasteiger partial charge in [0.2, 0.25) is 0 Å². The second-order valence-corrected chi connectivity index (χ2v) is 6.04. The van der Waals surface area contributed by atoms with E-state index in [9.17, 15) is 13.2 Å². The fourth-order valence-electron chi connectivity index (χ4n) is 1.62. The molecule has 0 saturated carbocycles. The van der Waals surface area contributed by atoms with Crippen LogP contribution in [0.2, 0.25) is 0 Å². The maximum absolute atomic E-state index is 11.8. The Hall–Kier alpha value is -1.62. The Bertz CT molecular complexity index is 558. The fraction of sp³-hybridized carbons (Fsp3) is 0.250. The molecule has 1 aliphatic rings. The smallest absolute Gasteiger partial charge is 0.251 e. The van der Waals surface area contributed by atoms with Crippen molar-refractivity contribution in [2.75, 3.05) is 5.75 Å². The summed E-state index contributed by atoms with van der Waals surface area (Å²) in [5.74, 6) is -0.304. The van der Waals surface area contributed by atoms with E-state index >= 15 is 0 Å². The van der Waals surface area contributed by atoms with Gasteiger partial charge in [0.05, 0.1) is 11.8 Å². The lowest BCUT2D eigenvalue weighted by Gasteiger charge is -2.09. The van der Waals surface area contributed by atoms with Crippen molar-refractivity contribution in [3.63, 3.8) is 0 Å². The van der Waals surface area contributed by atoms with E-state index in [-0.39, 0.29) is 11.7 Å². The number of hydrogen-bond donors (Lipinski definition) is 1. The minimum Gasteiger partial charge on any atom is -0.345 e. The average Bonchev–Trinajstić information content (AvgIpc) is 2.59. The van der Waals surface area contributed by atoms with Gasteiger partial charge in [-0.1, -0.05) is 17.7 Å².